The number of amides is 3. The van der Waals surface area contributed by atoms with Crippen molar-refractivity contribution >= 4 is 58.7 Å². The van der Waals surface area contributed by atoms with E-state index in [9.17, 15) is 19.2 Å². The van der Waals surface area contributed by atoms with Crippen LogP contribution in [0.1, 0.15) is 24.0 Å². The molecule has 2 heterocycles. The molecular weight excluding hydrogens is 545 g/mol. The monoisotopic (exact) mass is 567 g/mol. The summed E-state index contributed by atoms with van der Waals surface area (Å²) in [5.74, 6) is -2.25. The first-order valence-electron chi connectivity index (χ1n) is 11.7. The highest BCUT2D eigenvalue weighted by molar-refractivity contribution is 6.40. The lowest BCUT2D eigenvalue weighted by molar-refractivity contribution is -0.136. The fourth-order valence-corrected chi connectivity index (χ4v) is 4.48. The summed E-state index contributed by atoms with van der Waals surface area (Å²) < 4.78 is 10.6. The summed E-state index contributed by atoms with van der Waals surface area (Å²) in [7, 11) is 1.25. The fraction of sp³-hybridized carbons (Fsp3) is 0.143. The molecule has 2 aromatic carbocycles. The molecular formula is C28H23Cl2N3O6. The lowest BCUT2D eigenvalue weighted by Gasteiger charge is -2.17. The summed E-state index contributed by atoms with van der Waals surface area (Å²) in [6.45, 7) is 1.86. The molecule has 200 valence electrons. The Bertz CT molecular complexity index is 1490. The van der Waals surface area contributed by atoms with Crippen LogP contribution < -0.4 is 10.6 Å². The van der Waals surface area contributed by atoms with Crippen LogP contribution in [0.2, 0.25) is 10.0 Å². The molecule has 1 aliphatic heterocycles. The minimum absolute atomic E-state index is 0.0987. The first kappa shape index (κ1) is 27.7. The Hall–Kier alpha value is -4.34. The number of methoxy groups -OCH3 is 1. The van der Waals surface area contributed by atoms with Crippen LogP contribution in [0.15, 0.2) is 81.9 Å². The number of hydrogen-bond acceptors (Lipinski definition) is 6. The molecule has 3 amide bonds. The number of nitrogens with zero attached hydrogens (tertiary/aromatic N) is 1. The molecule has 0 saturated carbocycles. The number of carbonyl (C=O) groups excluding carboxylic acids is 4. The molecule has 1 aromatic heterocycles. The largest absolute Gasteiger partial charge is 0.465 e. The summed E-state index contributed by atoms with van der Waals surface area (Å²) in [6, 6.07) is 16.9. The van der Waals surface area contributed by atoms with Gasteiger partial charge in [-0.2, -0.15) is 0 Å². The summed E-state index contributed by atoms with van der Waals surface area (Å²) in [5.41, 5.74) is 1.90. The summed E-state index contributed by atoms with van der Waals surface area (Å²) in [6.07, 6.45) is 1.45. The molecule has 11 heteroatoms. The molecule has 1 aliphatic rings. The molecule has 0 saturated heterocycles. The second-order valence-corrected chi connectivity index (χ2v) is 9.36. The van der Waals surface area contributed by atoms with Crippen LogP contribution in [0, 0.1) is 0 Å². The number of allylic oxidation sites excluding steroid dienone is 1. The Morgan fingerprint density at radius 1 is 1.00 bits per heavy atom. The van der Waals surface area contributed by atoms with Crippen molar-refractivity contribution in [1.82, 2.24) is 10.2 Å². The zero-order valence-corrected chi connectivity index (χ0v) is 22.4. The third-order valence-electron chi connectivity index (χ3n) is 5.80. The first-order chi connectivity index (χ1) is 18.7. The van der Waals surface area contributed by atoms with E-state index in [-0.39, 0.29) is 41.6 Å². The maximum Gasteiger partial charge on any atom is 0.340 e. The normalized spacial score (nSPS) is 14.1. The number of ether oxygens (including phenoxy) is 1. The van der Waals surface area contributed by atoms with Crippen LogP contribution in [-0.4, -0.2) is 35.7 Å². The van der Waals surface area contributed by atoms with Gasteiger partial charge in [-0.15, -0.1) is 0 Å². The number of halogens is 2. The van der Waals surface area contributed by atoms with Gasteiger partial charge in [0.2, 0.25) is 0 Å². The predicted molar refractivity (Wildman–Crippen MR) is 145 cm³/mol. The molecule has 4 rings (SSSR count). The number of esters is 1. The molecule has 9 nitrogen and oxygen atoms in total. The van der Waals surface area contributed by atoms with E-state index < -0.39 is 17.8 Å². The number of carbonyl (C=O) groups is 4. The fourth-order valence-electron chi connectivity index (χ4n) is 3.96. The van der Waals surface area contributed by atoms with Crippen molar-refractivity contribution in [2.24, 2.45) is 0 Å². The van der Waals surface area contributed by atoms with Gasteiger partial charge in [-0.1, -0.05) is 53.5 Å². The Kier molecular flexibility index (Phi) is 8.53. The van der Waals surface area contributed by atoms with Gasteiger partial charge in [-0.25, -0.2) is 4.79 Å². The lowest BCUT2D eigenvalue weighted by Crippen LogP contribution is -2.34. The predicted octanol–water partition coefficient (Wildman–Crippen LogP) is 4.71. The summed E-state index contributed by atoms with van der Waals surface area (Å²) in [4.78, 5) is 51.8. The number of nitrogens with one attached hydrogen (secondary N) is 2. The van der Waals surface area contributed by atoms with E-state index in [0.717, 1.165) is 5.56 Å². The highest BCUT2D eigenvalue weighted by atomic mass is 35.5. The average molecular weight is 568 g/mol. The van der Waals surface area contributed by atoms with Crippen molar-refractivity contribution in [3.63, 3.8) is 0 Å². The molecule has 2 N–H and O–H groups in total. The van der Waals surface area contributed by atoms with Crippen LogP contribution in [-0.2, 0) is 37.0 Å². The summed E-state index contributed by atoms with van der Waals surface area (Å²) >= 11 is 11.8. The highest BCUT2D eigenvalue weighted by Crippen LogP contribution is 2.33. The second kappa shape index (κ2) is 12.0. The zero-order valence-electron chi connectivity index (χ0n) is 20.9. The molecule has 0 unspecified atom stereocenters. The van der Waals surface area contributed by atoms with Crippen molar-refractivity contribution in [2.45, 2.75) is 20.0 Å². The number of anilines is 1. The molecule has 0 aliphatic carbocycles. The van der Waals surface area contributed by atoms with E-state index in [1.807, 2.05) is 30.3 Å². The average Bonchev–Trinajstić information content (AvgIpc) is 3.44. The van der Waals surface area contributed by atoms with Gasteiger partial charge >= 0.3 is 17.8 Å². The van der Waals surface area contributed by atoms with Gasteiger partial charge in [-0.3, -0.25) is 14.4 Å². The number of hydrogen-bond donors (Lipinski definition) is 2. The third kappa shape index (κ3) is 6.57. The summed E-state index contributed by atoms with van der Waals surface area (Å²) in [5, 5.41) is 5.48. The molecule has 0 atom stereocenters. The highest BCUT2D eigenvalue weighted by Gasteiger charge is 2.37. The van der Waals surface area contributed by atoms with Gasteiger partial charge in [0.25, 0.3) is 5.91 Å². The third-order valence-corrected chi connectivity index (χ3v) is 6.24. The van der Waals surface area contributed by atoms with E-state index in [4.69, 9.17) is 32.4 Å². The van der Waals surface area contributed by atoms with Crippen LogP contribution in [0.25, 0.3) is 6.08 Å². The standard InChI is InChI=1S/C28H23Cl2N3O6/c1-16-24(28(37)38-2)23(27(36)33(16)15-17-6-4-3-5-7-17)13-21-8-9-22(39-21)14-31-25(34)26(35)32-20-11-18(29)10-19(30)12-20/h3-13H,14-15H2,1-2H3,(H,31,34)(H,32,35)/b23-13+. The van der Waals surface area contributed by atoms with Crippen LogP contribution >= 0.6 is 23.2 Å². The quantitative estimate of drug-likeness (QED) is 0.242. The topological polar surface area (TPSA) is 118 Å². The van der Waals surface area contributed by atoms with Gasteiger partial charge in [0.05, 0.1) is 31.3 Å². The lowest BCUT2D eigenvalue weighted by atomic mass is 10.1. The Balaban J connectivity index is 1.45. The maximum absolute atomic E-state index is 13.3. The van der Waals surface area contributed by atoms with Crippen LogP contribution in [0.5, 0.6) is 0 Å². The SMILES string of the molecule is COC(=O)C1=C(C)N(Cc2ccccc2)C(=O)/C1=C/c1ccc(CNC(=O)C(=O)Nc2cc(Cl)cc(Cl)c2)o1. The molecule has 39 heavy (non-hydrogen) atoms. The van der Waals surface area contributed by atoms with Crippen molar-refractivity contribution < 1.29 is 28.3 Å². The molecule has 0 fully saturated rings. The van der Waals surface area contributed by atoms with Crippen molar-refractivity contribution in [1.29, 1.82) is 0 Å². The van der Waals surface area contributed by atoms with Gasteiger partial charge in [-0.05, 0) is 48.9 Å². The Labute approximate surface area is 234 Å². The van der Waals surface area contributed by atoms with Gasteiger partial charge in [0.15, 0.2) is 0 Å². The number of benzene rings is 2. The first-order valence-corrected chi connectivity index (χ1v) is 12.4. The number of furan rings is 1. The number of rotatable bonds is 7. The zero-order chi connectivity index (χ0) is 28.1. The van der Waals surface area contributed by atoms with Crippen molar-refractivity contribution in [2.75, 3.05) is 12.4 Å². The molecule has 0 spiro atoms. The van der Waals surface area contributed by atoms with Gasteiger partial charge in [0.1, 0.15) is 11.5 Å². The molecule has 0 radical (unpaired) electrons. The minimum Gasteiger partial charge on any atom is -0.465 e. The van der Waals surface area contributed by atoms with E-state index in [2.05, 4.69) is 10.6 Å². The minimum atomic E-state index is -0.916. The van der Waals surface area contributed by atoms with E-state index >= 15 is 0 Å². The van der Waals surface area contributed by atoms with E-state index in [1.54, 1.807) is 19.1 Å². The Morgan fingerprint density at radius 3 is 2.36 bits per heavy atom. The van der Waals surface area contributed by atoms with Gasteiger partial charge < -0.3 is 24.7 Å². The van der Waals surface area contributed by atoms with Crippen LogP contribution in [0.4, 0.5) is 5.69 Å². The van der Waals surface area contributed by atoms with E-state index in [0.29, 0.717) is 21.5 Å². The van der Waals surface area contributed by atoms with Crippen molar-refractivity contribution in [3.05, 3.63) is 105 Å². The van der Waals surface area contributed by atoms with E-state index in [1.165, 1.54) is 36.3 Å². The Morgan fingerprint density at radius 2 is 1.69 bits per heavy atom. The molecule has 3 aromatic rings. The molecule has 0 bridgehead atoms. The second-order valence-electron chi connectivity index (χ2n) is 8.49. The smallest absolute Gasteiger partial charge is 0.340 e. The van der Waals surface area contributed by atoms with Crippen LogP contribution in [0.3, 0.4) is 0 Å². The van der Waals surface area contributed by atoms with Gasteiger partial charge in [0, 0.05) is 21.4 Å². The van der Waals surface area contributed by atoms with Crippen molar-refractivity contribution in [3.8, 4) is 0 Å². The maximum atomic E-state index is 13.3.